The van der Waals surface area contributed by atoms with Crippen LogP contribution in [-0.2, 0) is 19.4 Å². The van der Waals surface area contributed by atoms with Crippen LogP contribution in [0.2, 0.25) is 0 Å². The van der Waals surface area contributed by atoms with Crippen LogP contribution in [0, 0.1) is 0 Å². The summed E-state index contributed by atoms with van der Waals surface area (Å²) in [5.74, 6) is 1.72. The number of hydrogen-bond donors (Lipinski definition) is 2. The number of ether oxygens (including phenoxy) is 1. The van der Waals surface area contributed by atoms with Crippen LogP contribution in [0.25, 0.3) is 0 Å². The van der Waals surface area contributed by atoms with Crippen molar-refractivity contribution < 1.29 is 4.74 Å². The first kappa shape index (κ1) is 22.7. The molecule has 7 heteroatoms. The lowest BCUT2D eigenvalue weighted by Gasteiger charge is -2.11. The van der Waals surface area contributed by atoms with Gasteiger partial charge in [-0.05, 0) is 38.0 Å². The van der Waals surface area contributed by atoms with E-state index in [2.05, 4.69) is 40.5 Å². The molecule has 0 aliphatic heterocycles. The van der Waals surface area contributed by atoms with Crippen molar-refractivity contribution in [3.05, 3.63) is 45.9 Å². The monoisotopic (exact) mass is 488 g/mol. The quantitative estimate of drug-likeness (QED) is 0.318. The van der Waals surface area contributed by atoms with Gasteiger partial charge in [0.05, 0.1) is 18.2 Å². The topological polar surface area (TPSA) is 58.5 Å². The Hall–Kier alpha value is -1.35. The number of benzene rings is 1. The van der Waals surface area contributed by atoms with Gasteiger partial charge in [0.2, 0.25) is 0 Å². The largest absolute Gasteiger partial charge is 0.494 e. The minimum atomic E-state index is 0. The normalized spacial score (nSPS) is 11.0. The molecule has 1 aromatic carbocycles. The lowest BCUT2D eigenvalue weighted by molar-refractivity contribution is 0.340. The highest BCUT2D eigenvalue weighted by molar-refractivity contribution is 14.0. The number of nitrogens with zero attached hydrogens (tertiary/aromatic N) is 2. The van der Waals surface area contributed by atoms with E-state index in [0.717, 1.165) is 43.2 Å². The maximum absolute atomic E-state index is 5.54. The highest BCUT2D eigenvalue weighted by atomic mass is 127. The zero-order valence-corrected chi connectivity index (χ0v) is 18.9. The lowest BCUT2D eigenvalue weighted by atomic mass is 10.2. The van der Waals surface area contributed by atoms with E-state index in [9.17, 15) is 0 Å². The molecule has 0 amide bonds. The van der Waals surface area contributed by atoms with Gasteiger partial charge in [0.1, 0.15) is 5.75 Å². The molecule has 0 spiro atoms. The third-order valence-corrected chi connectivity index (χ3v) is 4.76. The molecular weight excluding hydrogens is 459 g/mol. The number of halogens is 1. The minimum Gasteiger partial charge on any atom is -0.494 e. The summed E-state index contributed by atoms with van der Waals surface area (Å²) < 4.78 is 5.54. The van der Waals surface area contributed by atoms with Gasteiger partial charge in [-0.25, -0.2) is 9.98 Å². The molecule has 0 saturated carbocycles. The first-order valence-electron chi connectivity index (χ1n) is 8.92. The number of rotatable bonds is 9. The number of aryl methyl sites for hydroxylation is 1. The number of aliphatic imine (C=N–C) groups is 1. The summed E-state index contributed by atoms with van der Waals surface area (Å²) in [6.07, 6.45) is 3.94. The fraction of sp³-hybridized carbons (Fsp3) is 0.474. The summed E-state index contributed by atoms with van der Waals surface area (Å²) in [6.45, 7) is 9.17. The fourth-order valence-electron chi connectivity index (χ4n) is 2.33. The van der Waals surface area contributed by atoms with E-state index in [0.29, 0.717) is 13.2 Å². The molecule has 2 N–H and O–H groups in total. The van der Waals surface area contributed by atoms with E-state index in [1.165, 1.54) is 9.88 Å². The average Bonchev–Trinajstić information content (AvgIpc) is 3.08. The van der Waals surface area contributed by atoms with Gasteiger partial charge >= 0.3 is 0 Å². The summed E-state index contributed by atoms with van der Waals surface area (Å²) in [5.41, 5.74) is 1.13. The van der Waals surface area contributed by atoms with Gasteiger partial charge in [-0.15, -0.1) is 35.3 Å². The molecule has 0 bridgehead atoms. The first-order valence-corrected chi connectivity index (χ1v) is 9.74. The van der Waals surface area contributed by atoms with Crippen LogP contribution in [-0.4, -0.2) is 30.6 Å². The Morgan fingerprint density at radius 3 is 2.77 bits per heavy atom. The first-order chi connectivity index (χ1) is 12.2. The third kappa shape index (κ3) is 7.90. The Balaban J connectivity index is 0.00000338. The maximum atomic E-state index is 5.54. The summed E-state index contributed by atoms with van der Waals surface area (Å²) in [4.78, 5) is 10.5. The van der Waals surface area contributed by atoms with Crippen molar-refractivity contribution in [2.45, 2.75) is 40.2 Å². The number of hydrogen-bond acceptors (Lipinski definition) is 4. The minimum absolute atomic E-state index is 0. The lowest BCUT2D eigenvalue weighted by Crippen LogP contribution is -2.38. The van der Waals surface area contributed by atoms with E-state index < -0.39 is 0 Å². The molecule has 26 heavy (non-hydrogen) atoms. The second-order valence-electron chi connectivity index (χ2n) is 5.53. The van der Waals surface area contributed by atoms with Crippen LogP contribution in [0.3, 0.4) is 0 Å². The van der Waals surface area contributed by atoms with Crippen molar-refractivity contribution in [2.24, 2.45) is 4.99 Å². The van der Waals surface area contributed by atoms with Crippen molar-refractivity contribution in [3.63, 3.8) is 0 Å². The van der Waals surface area contributed by atoms with E-state index in [1.807, 2.05) is 31.3 Å². The standard InChI is InChI=1S/C19H28N4OS.HI/c1-4-17-14-22-18(25-17)10-11-21-19(20-5-2)23-13-15-8-7-9-16(12-15)24-6-3;/h7-9,12,14H,4-6,10-11,13H2,1-3H3,(H2,20,21,23);1H. The molecule has 2 aromatic rings. The number of aromatic nitrogens is 1. The summed E-state index contributed by atoms with van der Waals surface area (Å²) in [5, 5.41) is 7.84. The number of thiazole rings is 1. The molecule has 0 atom stereocenters. The summed E-state index contributed by atoms with van der Waals surface area (Å²) >= 11 is 1.79. The maximum Gasteiger partial charge on any atom is 0.191 e. The Labute approximate surface area is 177 Å². The highest BCUT2D eigenvalue weighted by Crippen LogP contribution is 2.14. The van der Waals surface area contributed by atoms with Crippen LogP contribution in [0.15, 0.2) is 35.5 Å². The van der Waals surface area contributed by atoms with Gasteiger partial charge in [0, 0.05) is 30.6 Å². The average molecular weight is 488 g/mol. The summed E-state index contributed by atoms with van der Waals surface area (Å²) in [7, 11) is 0. The molecule has 0 radical (unpaired) electrons. The molecule has 144 valence electrons. The SMILES string of the molecule is CCNC(=NCc1cccc(OCC)c1)NCCc1ncc(CC)s1.I. The van der Waals surface area contributed by atoms with Crippen molar-refractivity contribution in [3.8, 4) is 5.75 Å². The molecule has 5 nitrogen and oxygen atoms in total. The van der Waals surface area contributed by atoms with Gasteiger partial charge in [-0.3, -0.25) is 0 Å². The number of guanidine groups is 1. The van der Waals surface area contributed by atoms with Crippen molar-refractivity contribution >= 4 is 41.3 Å². The Morgan fingerprint density at radius 1 is 1.23 bits per heavy atom. The number of nitrogens with one attached hydrogen (secondary N) is 2. The van der Waals surface area contributed by atoms with Crippen LogP contribution < -0.4 is 15.4 Å². The van der Waals surface area contributed by atoms with Crippen molar-refractivity contribution in [1.29, 1.82) is 0 Å². The van der Waals surface area contributed by atoms with Crippen LogP contribution in [0.5, 0.6) is 5.75 Å². The van der Waals surface area contributed by atoms with Gasteiger partial charge in [0.25, 0.3) is 0 Å². The predicted octanol–water partition coefficient (Wildman–Crippen LogP) is 4.02. The van der Waals surface area contributed by atoms with E-state index in [1.54, 1.807) is 11.3 Å². The Kier molecular flexibility index (Phi) is 11.3. The molecule has 0 aliphatic rings. The zero-order chi connectivity index (χ0) is 17.9. The molecule has 1 aromatic heterocycles. The molecule has 0 aliphatic carbocycles. The second-order valence-corrected chi connectivity index (χ2v) is 6.73. The van der Waals surface area contributed by atoms with Crippen LogP contribution in [0.1, 0.15) is 36.2 Å². The van der Waals surface area contributed by atoms with Crippen molar-refractivity contribution in [1.82, 2.24) is 15.6 Å². The second kappa shape index (κ2) is 12.9. The van der Waals surface area contributed by atoms with Crippen LogP contribution in [0.4, 0.5) is 0 Å². The zero-order valence-electron chi connectivity index (χ0n) is 15.7. The Morgan fingerprint density at radius 2 is 2.08 bits per heavy atom. The third-order valence-electron chi connectivity index (χ3n) is 3.55. The molecule has 2 rings (SSSR count). The van der Waals surface area contributed by atoms with E-state index in [4.69, 9.17) is 4.74 Å². The fourth-order valence-corrected chi connectivity index (χ4v) is 3.19. The Bertz CT molecular complexity index is 675. The van der Waals surface area contributed by atoms with E-state index >= 15 is 0 Å². The molecule has 1 heterocycles. The van der Waals surface area contributed by atoms with Gasteiger partial charge < -0.3 is 15.4 Å². The highest BCUT2D eigenvalue weighted by Gasteiger charge is 2.02. The molecule has 0 unspecified atom stereocenters. The van der Waals surface area contributed by atoms with Crippen molar-refractivity contribution in [2.75, 3.05) is 19.7 Å². The van der Waals surface area contributed by atoms with Crippen LogP contribution >= 0.6 is 35.3 Å². The molecule has 0 fully saturated rings. The van der Waals surface area contributed by atoms with Gasteiger partial charge in [0.15, 0.2) is 5.96 Å². The van der Waals surface area contributed by atoms with E-state index in [-0.39, 0.29) is 24.0 Å². The molecular formula is C19H29IN4OS. The van der Waals surface area contributed by atoms with Gasteiger partial charge in [-0.1, -0.05) is 19.1 Å². The molecule has 0 saturated heterocycles. The smallest absolute Gasteiger partial charge is 0.191 e. The summed E-state index contributed by atoms with van der Waals surface area (Å²) in [6, 6.07) is 8.08. The predicted molar refractivity (Wildman–Crippen MR) is 121 cm³/mol. The van der Waals surface area contributed by atoms with Gasteiger partial charge in [-0.2, -0.15) is 0 Å².